The first-order chi connectivity index (χ1) is 13.2. The summed E-state index contributed by atoms with van der Waals surface area (Å²) in [6, 6.07) is 25.5. The van der Waals surface area contributed by atoms with E-state index >= 15 is 0 Å². The number of nitrogens with one attached hydrogen (secondary N) is 2. The second kappa shape index (κ2) is 9.20. The molecule has 3 aromatic rings. The van der Waals surface area contributed by atoms with Gasteiger partial charge in [-0.2, -0.15) is 0 Å². The molecule has 0 aliphatic rings. The maximum Gasteiger partial charge on any atom is 0.251 e. The first-order valence-corrected chi connectivity index (χ1v) is 8.67. The Morgan fingerprint density at radius 2 is 1.41 bits per heavy atom. The Morgan fingerprint density at radius 1 is 0.778 bits per heavy atom. The molecule has 0 aliphatic heterocycles. The van der Waals surface area contributed by atoms with Crippen molar-refractivity contribution >= 4 is 17.5 Å². The summed E-state index contributed by atoms with van der Waals surface area (Å²) in [6.45, 7) is 0.251. The number of hydrogen-bond acceptors (Lipinski definition) is 3. The van der Waals surface area contributed by atoms with Crippen LogP contribution in [0.2, 0.25) is 0 Å². The summed E-state index contributed by atoms with van der Waals surface area (Å²) in [5.74, 6) is 0.850. The van der Waals surface area contributed by atoms with Crippen LogP contribution >= 0.6 is 0 Å². The largest absolute Gasteiger partial charge is 0.455 e. The van der Waals surface area contributed by atoms with Gasteiger partial charge in [-0.05, 0) is 36.4 Å². The van der Waals surface area contributed by atoms with Gasteiger partial charge >= 0.3 is 0 Å². The van der Waals surface area contributed by atoms with E-state index in [-0.39, 0.29) is 24.8 Å². The Balaban J connectivity index is 1.53. The first kappa shape index (κ1) is 18.2. The van der Waals surface area contributed by atoms with Gasteiger partial charge in [0, 0.05) is 18.5 Å². The maximum atomic E-state index is 12.2. The lowest BCUT2D eigenvalue weighted by molar-refractivity contribution is -0.116. The van der Waals surface area contributed by atoms with Crippen molar-refractivity contribution in [1.82, 2.24) is 5.32 Å². The fourth-order valence-electron chi connectivity index (χ4n) is 2.47. The summed E-state index contributed by atoms with van der Waals surface area (Å²) in [5, 5.41) is 5.57. The van der Waals surface area contributed by atoms with Crippen molar-refractivity contribution < 1.29 is 14.3 Å². The molecule has 3 aromatic carbocycles. The van der Waals surface area contributed by atoms with E-state index in [0.29, 0.717) is 22.7 Å². The zero-order valence-corrected chi connectivity index (χ0v) is 14.7. The smallest absolute Gasteiger partial charge is 0.251 e. The molecule has 5 heteroatoms. The summed E-state index contributed by atoms with van der Waals surface area (Å²) in [4.78, 5) is 24.2. The van der Waals surface area contributed by atoms with Gasteiger partial charge in [0.2, 0.25) is 5.91 Å². The molecule has 136 valence electrons. The molecule has 2 N–H and O–H groups in total. The number of rotatable bonds is 7. The maximum absolute atomic E-state index is 12.2. The molecular weight excluding hydrogens is 340 g/mol. The number of ether oxygens (including phenoxy) is 1. The molecule has 27 heavy (non-hydrogen) atoms. The van der Waals surface area contributed by atoms with Crippen molar-refractivity contribution in [3.63, 3.8) is 0 Å². The van der Waals surface area contributed by atoms with Gasteiger partial charge in [0.15, 0.2) is 5.75 Å². The molecule has 0 unspecified atom stereocenters. The van der Waals surface area contributed by atoms with E-state index in [4.69, 9.17) is 4.74 Å². The summed E-state index contributed by atoms with van der Waals surface area (Å²) in [7, 11) is 0. The molecule has 0 saturated heterocycles. The molecule has 3 rings (SSSR count). The Hall–Kier alpha value is -3.60. The third-order valence-corrected chi connectivity index (χ3v) is 3.81. The van der Waals surface area contributed by atoms with Crippen molar-refractivity contribution in [2.75, 3.05) is 11.9 Å². The molecule has 2 amide bonds. The van der Waals surface area contributed by atoms with Crippen LogP contribution in [0.25, 0.3) is 0 Å². The predicted octanol–water partition coefficient (Wildman–Crippen LogP) is 4.24. The number of para-hydroxylation sites is 3. The van der Waals surface area contributed by atoms with Gasteiger partial charge in [-0.1, -0.05) is 48.5 Å². The van der Waals surface area contributed by atoms with Gasteiger partial charge in [-0.3, -0.25) is 9.59 Å². The second-order valence-corrected chi connectivity index (χ2v) is 5.83. The van der Waals surface area contributed by atoms with Crippen LogP contribution in [0.4, 0.5) is 5.69 Å². The van der Waals surface area contributed by atoms with Crippen LogP contribution in [0.5, 0.6) is 11.5 Å². The zero-order chi connectivity index (χ0) is 18.9. The molecule has 0 bridgehead atoms. The van der Waals surface area contributed by atoms with E-state index in [1.165, 1.54) is 0 Å². The molecule has 0 aliphatic carbocycles. The molecule has 0 atom stereocenters. The molecule has 0 spiro atoms. The first-order valence-electron chi connectivity index (χ1n) is 8.67. The van der Waals surface area contributed by atoms with E-state index in [1.807, 2.05) is 48.5 Å². The van der Waals surface area contributed by atoms with Crippen LogP contribution in [0.3, 0.4) is 0 Å². The van der Waals surface area contributed by atoms with Crippen LogP contribution in [0.1, 0.15) is 16.8 Å². The minimum atomic E-state index is -0.201. The lowest BCUT2D eigenvalue weighted by Crippen LogP contribution is -2.27. The molecule has 0 radical (unpaired) electrons. The minimum absolute atomic E-state index is 0.165. The van der Waals surface area contributed by atoms with E-state index in [1.54, 1.807) is 36.4 Å². The fraction of sp³-hybridized carbons (Fsp3) is 0.0909. The highest BCUT2D eigenvalue weighted by atomic mass is 16.5. The molecule has 0 fully saturated rings. The number of amides is 2. The van der Waals surface area contributed by atoms with E-state index in [9.17, 15) is 9.59 Å². The third-order valence-electron chi connectivity index (χ3n) is 3.81. The summed E-state index contributed by atoms with van der Waals surface area (Å²) in [6.07, 6.45) is 0.165. The molecule has 0 saturated carbocycles. The average molecular weight is 360 g/mol. The SMILES string of the molecule is O=C(CCNC(=O)c1ccccc1)Nc1ccccc1Oc1ccccc1. The van der Waals surface area contributed by atoms with Crippen molar-refractivity contribution in [2.24, 2.45) is 0 Å². The highest BCUT2D eigenvalue weighted by molar-refractivity contribution is 5.95. The summed E-state index contributed by atoms with van der Waals surface area (Å²) >= 11 is 0. The lowest BCUT2D eigenvalue weighted by atomic mass is 10.2. The van der Waals surface area contributed by atoms with Crippen molar-refractivity contribution in [3.05, 3.63) is 90.5 Å². The monoisotopic (exact) mass is 360 g/mol. The van der Waals surface area contributed by atoms with E-state index < -0.39 is 0 Å². The standard InChI is InChI=1S/C22H20N2O3/c25-21(15-16-23-22(26)17-9-3-1-4-10-17)24-19-13-7-8-14-20(19)27-18-11-5-2-6-12-18/h1-14H,15-16H2,(H,23,26)(H,24,25). The van der Waals surface area contributed by atoms with E-state index in [0.717, 1.165) is 0 Å². The van der Waals surface area contributed by atoms with Crippen LogP contribution < -0.4 is 15.4 Å². The van der Waals surface area contributed by atoms with Gasteiger partial charge in [-0.15, -0.1) is 0 Å². The number of carbonyl (C=O) groups excluding carboxylic acids is 2. The lowest BCUT2D eigenvalue weighted by Gasteiger charge is -2.12. The van der Waals surface area contributed by atoms with Gasteiger partial charge in [0.25, 0.3) is 5.91 Å². The van der Waals surface area contributed by atoms with Crippen LogP contribution in [-0.2, 0) is 4.79 Å². The molecular formula is C22H20N2O3. The zero-order valence-electron chi connectivity index (χ0n) is 14.7. The Kier molecular flexibility index (Phi) is 6.20. The van der Waals surface area contributed by atoms with Crippen LogP contribution in [0.15, 0.2) is 84.9 Å². The second-order valence-electron chi connectivity index (χ2n) is 5.83. The van der Waals surface area contributed by atoms with Crippen LogP contribution in [0, 0.1) is 0 Å². The summed E-state index contributed by atoms with van der Waals surface area (Å²) in [5.41, 5.74) is 1.15. The fourth-order valence-corrected chi connectivity index (χ4v) is 2.47. The number of benzene rings is 3. The molecule has 5 nitrogen and oxygen atoms in total. The Bertz CT molecular complexity index is 896. The Labute approximate surface area is 158 Å². The van der Waals surface area contributed by atoms with Crippen LogP contribution in [-0.4, -0.2) is 18.4 Å². The normalized spacial score (nSPS) is 10.1. The summed E-state index contributed by atoms with van der Waals surface area (Å²) < 4.78 is 5.83. The quantitative estimate of drug-likeness (QED) is 0.662. The van der Waals surface area contributed by atoms with Gasteiger partial charge in [0.1, 0.15) is 5.75 Å². The number of carbonyl (C=O) groups is 2. The minimum Gasteiger partial charge on any atom is -0.455 e. The highest BCUT2D eigenvalue weighted by Crippen LogP contribution is 2.29. The number of anilines is 1. The van der Waals surface area contributed by atoms with Crippen molar-refractivity contribution in [2.45, 2.75) is 6.42 Å². The van der Waals surface area contributed by atoms with Gasteiger partial charge in [-0.25, -0.2) is 0 Å². The predicted molar refractivity (Wildman–Crippen MR) is 105 cm³/mol. The Morgan fingerprint density at radius 3 is 2.15 bits per heavy atom. The average Bonchev–Trinajstić information content (AvgIpc) is 2.71. The highest BCUT2D eigenvalue weighted by Gasteiger charge is 2.10. The molecule has 0 aromatic heterocycles. The molecule has 0 heterocycles. The third kappa shape index (κ3) is 5.44. The van der Waals surface area contributed by atoms with Crippen molar-refractivity contribution in [3.8, 4) is 11.5 Å². The van der Waals surface area contributed by atoms with Gasteiger partial charge in [0.05, 0.1) is 5.69 Å². The van der Waals surface area contributed by atoms with Crippen molar-refractivity contribution in [1.29, 1.82) is 0 Å². The topological polar surface area (TPSA) is 67.4 Å². The number of hydrogen-bond donors (Lipinski definition) is 2. The van der Waals surface area contributed by atoms with E-state index in [2.05, 4.69) is 10.6 Å². The van der Waals surface area contributed by atoms with Gasteiger partial charge < -0.3 is 15.4 Å².